The van der Waals surface area contributed by atoms with Crippen molar-refractivity contribution in [1.82, 2.24) is 14.7 Å². The summed E-state index contributed by atoms with van der Waals surface area (Å²) in [4.78, 5) is 27.8. The van der Waals surface area contributed by atoms with Gasteiger partial charge in [-0.15, -0.1) is 11.3 Å². The molecule has 2 aromatic heterocycles. The molecule has 0 spiro atoms. The highest BCUT2D eigenvalue weighted by Gasteiger charge is 2.32. The molecular weight excluding hydrogens is 338 g/mol. The summed E-state index contributed by atoms with van der Waals surface area (Å²) in [5.41, 5.74) is 0.689. The number of hydrogen-bond donors (Lipinski definition) is 0. The maximum absolute atomic E-state index is 12.6. The molecule has 0 aliphatic carbocycles. The normalized spacial score (nSPS) is 23.8. The molecule has 2 atom stereocenters. The molecule has 0 bridgehead atoms. The van der Waals surface area contributed by atoms with E-state index in [1.807, 2.05) is 22.4 Å². The van der Waals surface area contributed by atoms with Gasteiger partial charge in [0.1, 0.15) is 11.8 Å². The van der Waals surface area contributed by atoms with Crippen LogP contribution in [0.3, 0.4) is 0 Å². The molecule has 0 saturated carbocycles. The van der Waals surface area contributed by atoms with Crippen LogP contribution in [0.5, 0.6) is 0 Å². The first-order chi connectivity index (χ1) is 12.2. The van der Waals surface area contributed by atoms with Gasteiger partial charge in [0.05, 0.1) is 10.9 Å². The minimum atomic E-state index is -0.305. The second kappa shape index (κ2) is 7.09. The smallest absolute Gasteiger partial charge is 0.267 e. The third-order valence-electron chi connectivity index (χ3n) is 4.86. The van der Waals surface area contributed by atoms with Gasteiger partial charge in [0.25, 0.3) is 11.5 Å². The van der Waals surface area contributed by atoms with Crippen molar-refractivity contribution in [3.63, 3.8) is 0 Å². The van der Waals surface area contributed by atoms with Crippen LogP contribution in [-0.4, -0.2) is 46.4 Å². The Balaban J connectivity index is 1.55. The summed E-state index contributed by atoms with van der Waals surface area (Å²) in [6, 6.07) is 7.23. The van der Waals surface area contributed by atoms with Gasteiger partial charge >= 0.3 is 0 Å². The molecular formula is C18H21N3O3S. The minimum absolute atomic E-state index is 0.0599. The highest BCUT2D eigenvalue weighted by Crippen LogP contribution is 2.25. The zero-order chi connectivity index (χ0) is 17.2. The molecule has 4 rings (SSSR count). The van der Waals surface area contributed by atoms with E-state index in [0.717, 1.165) is 42.8 Å². The van der Waals surface area contributed by atoms with Crippen molar-refractivity contribution in [1.29, 1.82) is 0 Å². The lowest BCUT2D eigenvalue weighted by atomic mass is 10.0. The number of hydrogen-bond acceptors (Lipinski definition) is 5. The number of nitrogens with zero attached hydrogens (tertiary/aromatic N) is 3. The van der Waals surface area contributed by atoms with Crippen molar-refractivity contribution in [2.24, 2.45) is 0 Å². The molecule has 2 aliphatic heterocycles. The van der Waals surface area contributed by atoms with Crippen LogP contribution in [0.15, 0.2) is 34.4 Å². The largest absolute Gasteiger partial charge is 0.368 e. The highest BCUT2D eigenvalue weighted by atomic mass is 32.1. The number of thiophene rings is 1. The van der Waals surface area contributed by atoms with Crippen LogP contribution >= 0.6 is 11.3 Å². The van der Waals surface area contributed by atoms with Crippen molar-refractivity contribution in [3.8, 4) is 10.6 Å². The predicted molar refractivity (Wildman–Crippen MR) is 95.6 cm³/mol. The van der Waals surface area contributed by atoms with Crippen LogP contribution in [0.25, 0.3) is 10.6 Å². The topological polar surface area (TPSA) is 64.4 Å². The third kappa shape index (κ3) is 3.39. The average Bonchev–Trinajstić information content (AvgIpc) is 3.35. The van der Waals surface area contributed by atoms with E-state index >= 15 is 0 Å². The Bertz CT molecular complexity index is 796. The Morgan fingerprint density at radius 1 is 1.24 bits per heavy atom. The lowest BCUT2D eigenvalue weighted by Gasteiger charge is -2.34. The summed E-state index contributed by atoms with van der Waals surface area (Å²) >= 11 is 1.60. The summed E-state index contributed by atoms with van der Waals surface area (Å²) in [7, 11) is 0. The molecule has 0 unspecified atom stereocenters. The standard InChI is InChI=1S/C18H21N3O3S/c22-17-8-7-14(16-6-3-11-25-16)19-21(17)13-4-1-9-20(12-13)18(23)15-5-2-10-24-15/h3,6-8,11,13,15H,1-2,4-5,9-10,12H2/t13-,15+/m0/s1. The fraction of sp³-hybridized carbons (Fsp3) is 0.500. The minimum Gasteiger partial charge on any atom is -0.368 e. The highest BCUT2D eigenvalue weighted by molar-refractivity contribution is 7.13. The molecule has 132 valence electrons. The van der Waals surface area contributed by atoms with Crippen LogP contribution in [0, 0.1) is 0 Å². The number of amides is 1. The van der Waals surface area contributed by atoms with Crippen molar-refractivity contribution in [3.05, 3.63) is 40.0 Å². The number of carbonyl (C=O) groups excluding carboxylic acids is 1. The maximum atomic E-state index is 12.6. The lowest BCUT2D eigenvalue weighted by molar-refractivity contribution is -0.142. The number of ether oxygens (including phenoxy) is 1. The Morgan fingerprint density at radius 2 is 2.16 bits per heavy atom. The van der Waals surface area contributed by atoms with Crippen molar-refractivity contribution in [2.45, 2.75) is 37.8 Å². The first kappa shape index (κ1) is 16.5. The molecule has 0 N–H and O–H groups in total. The number of carbonyl (C=O) groups is 1. The first-order valence-electron chi connectivity index (χ1n) is 8.76. The van der Waals surface area contributed by atoms with Crippen LogP contribution < -0.4 is 5.56 Å². The molecule has 2 fully saturated rings. The monoisotopic (exact) mass is 359 g/mol. The van der Waals surface area contributed by atoms with E-state index < -0.39 is 0 Å². The van der Waals surface area contributed by atoms with Gasteiger partial charge in [-0.05, 0) is 43.2 Å². The molecule has 0 aromatic carbocycles. The van der Waals surface area contributed by atoms with E-state index in [1.165, 1.54) is 0 Å². The molecule has 2 aliphatic rings. The quantitative estimate of drug-likeness (QED) is 0.844. The summed E-state index contributed by atoms with van der Waals surface area (Å²) in [6.07, 6.45) is 3.17. The van der Waals surface area contributed by atoms with Gasteiger partial charge in [-0.25, -0.2) is 4.68 Å². The van der Waals surface area contributed by atoms with E-state index in [4.69, 9.17) is 4.74 Å². The predicted octanol–water partition coefficient (Wildman–Crippen LogP) is 2.31. The molecule has 4 heterocycles. The van der Waals surface area contributed by atoms with Gasteiger partial charge in [0.15, 0.2) is 0 Å². The Morgan fingerprint density at radius 3 is 2.92 bits per heavy atom. The third-order valence-corrected chi connectivity index (χ3v) is 5.75. The van der Waals surface area contributed by atoms with Gasteiger partial charge < -0.3 is 9.64 Å². The van der Waals surface area contributed by atoms with Crippen molar-refractivity contribution in [2.75, 3.05) is 19.7 Å². The number of piperidine rings is 1. The maximum Gasteiger partial charge on any atom is 0.267 e. The number of aromatic nitrogens is 2. The molecule has 25 heavy (non-hydrogen) atoms. The number of rotatable bonds is 3. The van der Waals surface area contributed by atoms with Crippen molar-refractivity contribution >= 4 is 17.2 Å². The van der Waals surface area contributed by atoms with Crippen molar-refractivity contribution < 1.29 is 9.53 Å². The average molecular weight is 359 g/mol. The van der Waals surface area contributed by atoms with E-state index in [0.29, 0.717) is 13.2 Å². The van der Waals surface area contributed by atoms with E-state index in [1.54, 1.807) is 28.2 Å². The molecule has 2 saturated heterocycles. The molecule has 7 heteroatoms. The van der Waals surface area contributed by atoms with E-state index in [-0.39, 0.29) is 23.6 Å². The summed E-state index contributed by atoms with van der Waals surface area (Å²) in [5.74, 6) is 0.0599. The summed E-state index contributed by atoms with van der Waals surface area (Å²) < 4.78 is 7.09. The fourth-order valence-corrected chi connectivity index (χ4v) is 4.26. The van der Waals surface area contributed by atoms with Crippen LogP contribution in [0.4, 0.5) is 0 Å². The zero-order valence-electron chi connectivity index (χ0n) is 14.0. The second-order valence-corrected chi connectivity index (χ2v) is 7.51. The summed E-state index contributed by atoms with van der Waals surface area (Å²) in [6.45, 7) is 1.92. The van der Waals surface area contributed by atoms with Gasteiger partial charge in [-0.2, -0.15) is 5.10 Å². The van der Waals surface area contributed by atoms with Gasteiger partial charge in [0.2, 0.25) is 0 Å². The van der Waals surface area contributed by atoms with E-state index in [2.05, 4.69) is 5.10 Å². The summed E-state index contributed by atoms with van der Waals surface area (Å²) in [5, 5.41) is 6.57. The molecule has 6 nitrogen and oxygen atoms in total. The lowest BCUT2D eigenvalue weighted by Crippen LogP contribution is -2.47. The zero-order valence-corrected chi connectivity index (χ0v) is 14.8. The van der Waals surface area contributed by atoms with Crippen LogP contribution in [-0.2, 0) is 9.53 Å². The Kier molecular flexibility index (Phi) is 4.67. The van der Waals surface area contributed by atoms with Gasteiger partial charge in [-0.3, -0.25) is 9.59 Å². The SMILES string of the molecule is O=C([C@H]1CCCO1)N1CCC[C@H](n2nc(-c3cccs3)ccc2=O)C1. The Labute approximate surface area is 150 Å². The molecule has 1 amide bonds. The van der Waals surface area contributed by atoms with E-state index in [9.17, 15) is 9.59 Å². The molecule has 0 radical (unpaired) electrons. The van der Waals surface area contributed by atoms with Gasteiger partial charge in [-0.1, -0.05) is 6.07 Å². The number of likely N-dealkylation sites (tertiary alicyclic amines) is 1. The Hall–Kier alpha value is -1.99. The second-order valence-electron chi connectivity index (χ2n) is 6.56. The van der Waals surface area contributed by atoms with Crippen LogP contribution in [0.2, 0.25) is 0 Å². The fourth-order valence-electron chi connectivity index (χ4n) is 3.57. The molecule has 2 aromatic rings. The first-order valence-corrected chi connectivity index (χ1v) is 9.64. The van der Waals surface area contributed by atoms with Gasteiger partial charge in [0, 0.05) is 25.8 Å². The van der Waals surface area contributed by atoms with Crippen LogP contribution in [0.1, 0.15) is 31.7 Å².